The first kappa shape index (κ1) is 14.6. The molecular formula is C13H20N2O5. The van der Waals surface area contributed by atoms with Gasteiger partial charge in [0.1, 0.15) is 0 Å². The molecule has 2 aliphatic rings. The average molecular weight is 284 g/mol. The third-order valence-electron chi connectivity index (χ3n) is 4.17. The summed E-state index contributed by atoms with van der Waals surface area (Å²) in [5, 5.41) is 9.14. The molecule has 1 heterocycles. The van der Waals surface area contributed by atoms with Gasteiger partial charge in [-0.05, 0) is 12.8 Å². The fourth-order valence-corrected chi connectivity index (χ4v) is 3.02. The van der Waals surface area contributed by atoms with Gasteiger partial charge < -0.3 is 19.6 Å². The summed E-state index contributed by atoms with van der Waals surface area (Å²) < 4.78 is 4.64. The Morgan fingerprint density at radius 3 is 2.10 bits per heavy atom. The van der Waals surface area contributed by atoms with E-state index in [-0.39, 0.29) is 12.0 Å². The maximum Gasteiger partial charge on any atom is 0.409 e. The first-order valence-corrected chi connectivity index (χ1v) is 6.89. The van der Waals surface area contributed by atoms with E-state index >= 15 is 0 Å². The predicted octanol–water partition coefficient (Wildman–Crippen LogP) is 0.398. The third kappa shape index (κ3) is 2.86. The van der Waals surface area contributed by atoms with Crippen LogP contribution in [0.3, 0.4) is 0 Å². The lowest BCUT2D eigenvalue weighted by molar-refractivity contribution is -0.149. The number of methoxy groups -OCH3 is 1. The molecule has 0 spiro atoms. The van der Waals surface area contributed by atoms with Gasteiger partial charge in [-0.1, -0.05) is 6.42 Å². The fourth-order valence-electron chi connectivity index (χ4n) is 3.02. The zero-order valence-electron chi connectivity index (χ0n) is 11.6. The van der Waals surface area contributed by atoms with E-state index in [0.717, 1.165) is 6.42 Å². The molecule has 2 fully saturated rings. The van der Waals surface area contributed by atoms with Gasteiger partial charge in [0, 0.05) is 26.2 Å². The second kappa shape index (κ2) is 6.11. The van der Waals surface area contributed by atoms with Crippen molar-refractivity contribution in [2.24, 2.45) is 11.8 Å². The summed E-state index contributed by atoms with van der Waals surface area (Å²) in [6.45, 7) is 1.75. The Bertz CT molecular complexity index is 404. The van der Waals surface area contributed by atoms with Crippen molar-refractivity contribution in [2.45, 2.75) is 19.3 Å². The molecule has 2 rings (SSSR count). The smallest absolute Gasteiger partial charge is 0.409 e. The molecule has 7 heteroatoms. The molecule has 2 amide bonds. The van der Waals surface area contributed by atoms with E-state index in [9.17, 15) is 14.4 Å². The highest BCUT2D eigenvalue weighted by molar-refractivity contribution is 5.85. The number of aliphatic carboxylic acids is 1. The Hall–Kier alpha value is -1.79. The highest BCUT2D eigenvalue weighted by atomic mass is 16.5. The minimum absolute atomic E-state index is 0.0839. The van der Waals surface area contributed by atoms with Gasteiger partial charge in [0.05, 0.1) is 18.9 Å². The van der Waals surface area contributed by atoms with Crippen LogP contribution >= 0.6 is 0 Å². The molecule has 2 unspecified atom stereocenters. The number of hydrogen-bond acceptors (Lipinski definition) is 4. The van der Waals surface area contributed by atoms with Gasteiger partial charge >= 0.3 is 12.1 Å². The van der Waals surface area contributed by atoms with Gasteiger partial charge in [0.25, 0.3) is 0 Å². The number of hydrogen-bond donors (Lipinski definition) is 1. The molecule has 0 bridgehead atoms. The molecule has 1 aliphatic heterocycles. The number of nitrogens with zero attached hydrogens (tertiary/aromatic N) is 2. The number of rotatable bonds is 2. The molecule has 0 radical (unpaired) electrons. The molecular weight excluding hydrogens is 264 g/mol. The molecule has 1 N–H and O–H groups in total. The van der Waals surface area contributed by atoms with E-state index in [1.54, 1.807) is 9.80 Å². The minimum atomic E-state index is -0.881. The summed E-state index contributed by atoms with van der Waals surface area (Å²) in [6, 6.07) is 0. The van der Waals surface area contributed by atoms with E-state index in [0.29, 0.717) is 39.0 Å². The van der Waals surface area contributed by atoms with E-state index in [4.69, 9.17) is 5.11 Å². The van der Waals surface area contributed by atoms with Gasteiger partial charge in [-0.2, -0.15) is 0 Å². The Labute approximate surface area is 117 Å². The second-order valence-electron chi connectivity index (χ2n) is 5.26. The van der Waals surface area contributed by atoms with Crippen molar-refractivity contribution in [1.29, 1.82) is 0 Å². The number of carboxylic acid groups (broad SMARTS) is 1. The van der Waals surface area contributed by atoms with Crippen molar-refractivity contribution in [1.82, 2.24) is 9.80 Å². The lowest BCUT2D eigenvalue weighted by Gasteiger charge is -2.35. The van der Waals surface area contributed by atoms with Crippen LogP contribution in [-0.4, -0.2) is 66.2 Å². The van der Waals surface area contributed by atoms with Gasteiger partial charge in [0.2, 0.25) is 5.91 Å². The van der Waals surface area contributed by atoms with Gasteiger partial charge in [-0.15, -0.1) is 0 Å². The Morgan fingerprint density at radius 2 is 1.55 bits per heavy atom. The van der Waals surface area contributed by atoms with E-state index in [1.807, 2.05) is 0 Å². The third-order valence-corrected chi connectivity index (χ3v) is 4.17. The van der Waals surface area contributed by atoms with Crippen molar-refractivity contribution in [3.63, 3.8) is 0 Å². The summed E-state index contributed by atoms with van der Waals surface area (Å²) in [5.41, 5.74) is 0. The van der Waals surface area contributed by atoms with Crippen LogP contribution < -0.4 is 0 Å². The molecule has 1 saturated heterocycles. The summed E-state index contributed by atoms with van der Waals surface area (Å²) in [7, 11) is 1.33. The Morgan fingerprint density at radius 1 is 1.00 bits per heavy atom. The van der Waals surface area contributed by atoms with Crippen LogP contribution in [0.15, 0.2) is 0 Å². The molecule has 0 aromatic rings. The van der Waals surface area contributed by atoms with E-state index in [2.05, 4.69) is 4.74 Å². The summed E-state index contributed by atoms with van der Waals surface area (Å²) in [6.07, 6.45) is 1.62. The topological polar surface area (TPSA) is 87.2 Å². The number of carbonyl (C=O) groups is 3. The minimum Gasteiger partial charge on any atom is -0.481 e. The van der Waals surface area contributed by atoms with Crippen molar-refractivity contribution in [3.05, 3.63) is 0 Å². The van der Waals surface area contributed by atoms with Crippen LogP contribution in [0.1, 0.15) is 19.3 Å². The van der Waals surface area contributed by atoms with Crippen LogP contribution in [0.5, 0.6) is 0 Å². The molecule has 7 nitrogen and oxygen atoms in total. The van der Waals surface area contributed by atoms with Crippen LogP contribution in [-0.2, 0) is 14.3 Å². The zero-order valence-corrected chi connectivity index (χ0v) is 11.6. The molecule has 2 atom stereocenters. The van der Waals surface area contributed by atoms with Crippen LogP contribution in [0.2, 0.25) is 0 Å². The largest absolute Gasteiger partial charge is 0.481 e. The standard InChI is InChI=1S/C13H20N2O5/c1-20-13(19)15-7-5-14(6-8-15)11(16)9-3-2-4-10(9)12(17)18/h9-10H,2-8H2,1H3,(H,17,18). The van der Waals surface area contributed by atoms with Crippen LogP contribution in [0.25, 0.3) is 0 Å². The van der Waals surface area contributed by atoms with Crippen molar-refractivity contribution >= 4 is 18.0 Å². The molecule has 0 aromatic carbocycles. The predicted molar refractivity (Wildman–Crippen MR) is 69.0 cm³/mol. The summed E-state index contributed by atoms with van der Waals surface area (Å²) in [4.78, 5) is 38.1. The average Bonchev–Trinajstić information content (AvgIpc) is 2.95. The van der Waals surface area contributed by atoms with Crippen molar-refractivity contribution in [2.75, 3.05) is 33.3 Å². The molecule has 112 valence electrons. The fraction of sp³-hybridized carbons (Fsp3) is 0.769. The van der Waals surface area contributed by atoms with Crippen LogP contribution in [0, 0.1) is 11.8 Å². The van der Waals surface area contributed by atoms with Gasteiger partial charge in [0.15, 0.2) is 0 Å². The molecule has 1 aliphatic carbocycles. The molecule has 1 saturated carbocycles. The summed E-state index contributed by atoms with van der Waals surface area (Å²) >= 11 is 0. The summed E-state index contributed by atoms with van der Waals surface area (Å²) in [5.74, 6) is -1.92. The number of carbonyl (C=O) groups excluding carboxylic acids is 2. The maximum atomic E-state index is 12.4. The van der Waals surface area contributed by atoms with Gasteiger partial charge in [-0.3, -0.25) is 9.59 Å². The Kier molecular flexibility index (Phi) is 4.46. The monoisotopic (exact) mass is 284 g/mol. The Balaban J connectivity index is 1.91. The quantitative estimate of drug-likeness (QED) is 0.793. The number of piperazine rings is 1. The highest BCUT2D eigenvalue weighted by Gasteiger charge is 2.40. The zero-order chi connectivity index (χ0) is 14.7. The normalized spacial score (nSPS) is 26.4. The van der Waals surface area contributed by atoms with Crippen molar-refractivity contribution < 1.29 is 24.2 Å². The highest BCUT2D eigenvalue weighted by Crippen LogP contribution is 2.33. The first-order valence-electron chi connectivity index (χ1n) is 6.89. The second-order valence-corrected chi connectivity index (χ2v) is 5.26. The lowest BCUT2D eigenvalue weighted by atomic mass is 9.94. The maximum absolute atomic E-state index is 12.4. The number of amides is 2. The van der Waals surface area contributed by atoms with E-state index < -0.39 is 17.8 Å². The lowest BCUT2D eigenvalue weighted by Crippen LogP contribution is -2.52. The molecule has 0 aromatic heterocycles. The number of ether oxygens (including phenoxy) is 1. The molecule has 20 heavy (non-hydrogen) atoms. The SMILES string of the molecule is COC(=O)N1CCN(C(=O)C2CCCC2C(=O)O)CC1. The van der Waals surface area contributed by atoms with Crippen LogP contribution in [0.4, 0.5) is 4.79 Å². The van der Waals surface area contributed by atoms with Crippen molar-refractivity contribution in [3.8, 4) is 0 Å². The first-order chi connectivity index (χ1) is 9.54. The number of carboxylic acids is 1. The van der Waals surface area contributed by atoms with E-state index in [1.165, 1.54) is 7.11 Å². The van der Waals surface area contributed by atoms with Gasteiger partial charge in [-0.25, -0.2) is 4.79 Å².